The maximum Gasteiger partial charge on any atom is 0.230 e. The van der Waals surface area contributed by atoms with Gasteiger partial charge in [-0.3, -0.25) is 4.79 Å². The molecule has 26 heavy (non-hydrogen) atoms. The summed E-state index contributed by atoms with van der Waals surface area (Å²) in [5.74, 6) is 0.393. The fourth-order valence-corrected chi connectivity index (χ4v) is 3.77. The van der Waals surface area contributed by atoms with Crippen molar-refractivity contribution in [3.63, 3.8) is 0 Å². The number of ether oxygens (including phenoxy) is 1. The SMILES string of the molecule is CCCC(NC(=O)CSc1nc(C)c(C)n1CCOC)c1ccccc1. The Morgan fingerprint density at radius 1 is 1.31 bits per heavy atom. The van der Waals surface area contributed by atoms with Crippen molar-refractivity contribution < 1.29 is 9.53 Å². The molecule has 2 aromatic rings. The van der Waals surface area contributed by atoms with E-state index in [1.807, 2.05) is 25.1 Å². The Bertz CT molecular complexity index is 701. The fraction of sp³-hybridized carbons (Fsp3) is 0.500. The molecule has 0 fully saturated rings. The molecule has 1 aromatic carbocycles. The summed E-state index contributed by atoms with van der Waals surface area (Å²) in [6.07, 6.45) is 1.95. The average molecular weight is 376 g/mol. The van der Waals surface area contributed by atoms with Crippen LogP contribution in [0.15, 0.2) is 35.5 Å². The molecule has 1 heterocycles. The molecule has 1 unspecified atom stereocenters. The number of nitrogens with one attached hydrogen (secondary N) is 1. The number of aryl methyl sites for hydroxylation is 1. The van der Waals surface area contributed by atoms with Gasteiger partial charge in [-0.1, -0.05) is 55.4 Å². The third kappa shape index (κ3) is 5.61. The molecule has 0 spiro atoms. The molecule has 1 amide bonds. The number of amides is 1. The van der Waals surface area contributed by atoms with Crippen LogP contribution in [0.4, 0.5) is 0 Å². The summed E-state index contributed by atoms with van der Waals surface area (Å²) < 4.78 is 7.30. The van der Waals surface area contributed by atoms with Crippen molar-refractivity contribution in [1.29, 1.82) is 0 Å². The normalized spacial score (nSPS) is 12.2. The largest absolute Gasteiger partial charge is 0.383 e. The van der Waals surface area contributed by atoms with Crippen LogP contribution in [0.1, 0.15) is 42.8 Å². The number of carbonyl (C=O) groups is 1. The van der Waals surface area contributed by atoms with Crippen LogP contribution >= 0.6 is 11.8 Å². The van der Waals surface area contributed by atoms with E-state index in [0.717, 1.165) is 41.5 Å². The van der Waals surface area contributed by atoms with E-state index < -0.39 is 0 Å². The number of benzene rings is 1. The van der Waals surface area contributed by atoms with Gasteiger partial charge in [-0.2, -0.15) is 0 Å². The Balaban J connectivity index is 1.98. The fourth-order valence-electron chi connectivity index (χ4n) is 2.84. The number of aromatic nitrogens is 2. The van der Waals surface area contributed by atoms with E-state index in [9.17, 15) is 4.79 Å². The predicted octanol–water partition coefficient (Wildman–Crippen LogP) is 3.90. The lowest BCUT2D eigenvalue weighted by Crippen LogP contribution is -2.30. The summed E-state index contributed by atoms with van der Waals surface area (Å²) in [5.41, 5.74) is 3.27. The second-order valence-electron chi connectivity index (χ2n) is 6.32. The highest BCUT2D eigenvalue weighted by Crippen LogP contribution is 2.22. The van der Waals surface area contributed by atoms with E-state index in [1.165, 1.54) is 11.8 Å². The average Bonchev–Trinajstić information content (AvgIpc) is 2.92. The van der Waals surface area contributed by atoms with Gasteiger partial charge in [0, 0.05) is 19.3 Å². The van der Waals surface area contributed by atoms with Gasteiger partial charge >= 0.3 is 0 Å². The second kappa shape index (κ2) is 10.4. The third-order valence-corrected chi connectivity index (χ3v) is 5.37. The first-order valence-corrected chi connectivity index (χ1v) is 10.0. The zero-order valence-corrected chi connectivity index (χ0v) is 16.9. The Kier molecular flexibility index (Phi) is 8.19. The molecule has 0 bridgehead atoms. The first-order valence-electron chi connectivity index (χ1n) is 9.06. The molecule has 0 aliphatic heterocycles. The van der Waals surface area contributed by atoms with Gasteiger partial charge in [0.1, 0.15) is 0 Å². The van der Waals surface area contributed by atoms with Gasteiger partial charge in [0.25, 0.3) is 0 Å². The highest BCUT2D eigenvalue weighted by atomic mass is 32.2. The number of thioether (sulfide) groups is 1. The van der Waals surface area contributed by atoms with E-state index in [0.29, 0.717) is 12.4 Å². The molecule has 5 nitrogen and oxygen atoms in total. The summed E-state index contributed by atoms with van der Waals surface area (Å²) in [7, 11) is 1.69. The van der Waals surface area contributed by atoms with Crippen LogP contribution in [0.2, 0.25) is 0 Å². The van der Waals surface area contributed by atoms with Gasteiger partial charge in [-0.05, 0) is 25.8 Å². The number of hydrogen-bond acceptors (Lipinski definition) is 4. The van der Waals surface area contributed by atoms with Crippen molar-refractivity contribution in [3.8, 4) is 0 Å². The van der Waals surface area contributed by atoms with E-state index in [-0.39, 0.29) is 11.9 Å². The molecule has 0 saturated heterocycles. The van der Waals surface area contributed by atoms with Gasteiger partial charge in [0.15, 0.2) is 5.16 Å². The summed E-state index contributed by atoms with van der Waals surface area (Å²) in [5, 5.41) is 4.04. The van der Waals surface area contributed by atoms with Crippen molar-refractivity contribution in [1.82, 2.24) is 14.9 Å². The van der Waals surface area contributed by atoms with E-state index in [4.69, 9.17) is 4.74 Å². The number of hydrogen-bond donors (Lipinski definition) is 1. The van der Waals surface area contributed by atoms with Crippen molar-refractivity contribution in [2.24, 2.45) is 0 Å². The van der Waals surface area contributed by atoms with E-state index in [1.54, 1.807) is 7.11 Å². The first-order chi connectivity index (χ1) is 12.6. The number of rotatable bonds is 10. The summed E-state index contributed by atoms with van der Waals surface area (Å²) in [6.45, 7) is 7.55. The minimum Gasteiger partial charge on any atom is -0.383 e. The molecule has 2 rings (SSSR count). The molecule has 1 aromatic heterocycles. The third-order valence-electron chi connectivity index (χ3n) is 4.39. The van der Waals surface area contributed by atoms with E-state index in [2.05, 4.69) is 40.8 Å². The minimum absolute atomic E-state index is 0.0360. The van der Waals surface area contributed by atoms with Gasteiger partial charge in [0.2, 0.25) is 5.91 Å². The second-order valence-corrected chi connectivity index (χ2v) is 7.26. The van der Waals surface area contributed by atoms with Crippen molar-refractivity contribution in [2.45, 2.75) is 51.4 Å². The van der Waals surface area contributed by atoms with Crippen LogP contribution in [-0.2, 0) is 16.1 Å². The van der Waals surface area contributed by atoms with Crippen LogP contribution in [0.5, 0.6) is 0 Å². The molecular weight excluding hydrogens is 346 g/mol. The lowest BCUT2D eigenvalue weighted by Gasteiger charge is -2.18. The monoisotopic (exact) mass is 375 g/mol. The topological polar surface area (TPSA) is 56.2 Å². The molecule has 1 N–H and O–H groups in total. The molecule has 0 radical (unpaired) electrons. The van der Waals surface area contributed by atoms with E-state index >= 15 is 0 Å². The number of methoxy groups -OCH3 is 1. The predicted molar refractivity (Wildman–Crippen MR) is 107 cm³/mol. The Morgan fingerprint density at radius 2 is 2.04 bits per heavy atom. The maximum absolute atomic E-state index is 12.5. The quantitative estimate of drug-likeness (QED) is 0.640. The molecule has 1 atom stereocenters. The summed E-state index contributed by atoms with van der Waals surface area (Å²) >= 11 is 1.48. The highest BCUT2D eigenvalue weighted by molar-refractivity contribution is 7.99. The molecule has 0 saturated carbocycles. The van der Waals surface area contributed by atoms with Crippen LogP contribution < -0.4 is 5.32 Å². The van der Waals surface area contributed by atoms with Gasteiger partial charge in [0.05, 0.1) is 24.1 Å². The van der Waals surface area contributed by atoms with Gasteiger partial charge in [-0.25, -0.2) is 4.98 Å². The smallest absolute Gasteiger partial charge is 0.230 e. The van der Waals surface area contributed by atoms with Crippen molar-refractivity contribution >= 4 is 17.7 Å². The number of nitrogens with zero attached hydrogens (tertiary/aromatic N) is 2. The highest BCUT2D eigenvalue weighted by Gasteiger charge is 2.16. The van der Waals surface area contributed by atoms with Crippen molar-refractivity contribution in [2.75, 3.05) is 19.5 Å². The molecule has 0 aliphatic carbocycles. The Hall–Kier alpha value is -1.79. The minimum atomic E-state index is 0.0360. The zero-order chi connectivity index (χ0) is 18.9. The number of imidazole rings is 1. The van der Waals surface area contributed by atoms with Crippen LogP contribution in [-0.4, -0.2) is 34.9 Å². The zero-order valence-electron chi connectivity index (χ0n) is 16.1. The van der Waals surface area contributed by atoms with Gasteiger partial charge in [-0.15, -0.1) is 0 Å². The first kappa shape index (κ1) is 20.5. The molecular formula is C20H29N3O2S. The Morgan fingerprint density at radius 3 is 2.69 bits per heavy atom. The number of carbonyl (C=O) groups excluding carboxylic acids is 1. The van der Waals surface area contributed by atoms with Crippen LogP contribution in [0.3, 0.4) is 0 Å². The summed E-state index contributed by atoms with van der Waals surface area (Å²) in [4.78, 5) is 17.1. The standard InChI is InChI=1S/C20H29N3O2S/c1-5-9-18(17-10-7-6-8-11-17)22-19(24)14-26-20-21-15(2)16(3)23(20)12-13-25-4/h6-8,10-11,18H,5,9,12-14H2,1-4H3,(H,22,24). The Labute approximate surface area is 160 Å². The van der Waals surface area contributed by atoms with Gasteiger partial charge < -0.3 is 14.6 Å². The maximum atomic E-state index is 12.5. The van der Waals surface area contributed by atoms with Crippen molar-refractivity contribution in [3.05, 3.63) is 47.3 Å². The molecule has 6 heteroatoms. The molecule has 0 aliphatic rings. The van der Waals surface area contributed by atoms with Crippen LogP contribution in [0, 0.1) is 13.8 Å². The van der Waals surface area contributed by atoms with Crippen LogP contribution in [0.25, 0.3) is 0 Å². The lowest BCUT2D eigenvalue weighted by atomic mass is 10.0. The lowest BCUT2D eigenvalue weighted by molar-refractivity contribution is -0.119. The summed E-state index contributed by atoms with van der Waals surface area (Å²) in [6, 6.07) is 10.2. The molecule has 142 valence electrons.